The lowest BCUT2D eigenvalue weighted by atomic mass is 9.69. The van der Waals surface area contributed by atoms with Crippen LogP contribution in [0.15, 0.2) is 60.7 Å². The zero-order valence-corrected chi connectivity index (χ0v) is 13.8. The molecule has 0 aromatic heterocycles. The smallest absolute Gasteiger partial charge is 0.0325 e. The van der Waals surface area contributed by atoms with E-state index >= 15 is 0 Å². The van der Waals surface area contributed by atoms with Gasteiger partial charge in [0, 0.05) is 11.5 Å². The van der Waals surface area contributed by atoms with Crippen molar-refractivity contribution in [1.82, 2.24) is 0 Å². The second-order valence-corrected chi connectivity index (χ2v) is 5.68. The van der Waals surface area contributed by atoms with E-state index in [2.05, 4.69) is 74.5 Å². The molecule has 0 aliphatic rings. The van der Waals surface area contributed by atoms with E-state index in [-0.39, 0.29) is 23.9 Å². The van der Waals surface area contributed by atoms with Gasteiger partial charge >= 0.3 is 0 Å². The Bertz CT molecular complexity index is 470. The van der Waals surface area contributed by atoms with Crippen molar-refractivity contribution in [3.8, 4) is 0 Å². The van der Waals surface area contributed by atoms with Gasteiger partial charge in [-0.15, -0.1) is 12.4 Å². The third-order valence-corrected chi connectivity index (χ3v) is 4.36. The van der Waals surface area contributed by atoms with Gasteiger partial charge in [-0.25, -0.2) is 0 Å². The minimum Gasteiger partial charge on any atom is -0.327 e. The average Bonchev–Trinajstić information content (AvgIpc) is 2.53. The van der Waals surface area contributed by atoms with Gasteiger partial charge in [-0.1, -0.05) is 80.4 Å². The Morgan fingerprint density at radius 3 is 1.71 bits per heavy atom. The summed E-state index contributed by atoms with van der Waals surface area (Å²) < 4.78 is 0. The van der Waals surface area contributed by atoms with E-state index in [9.17, 15) is 0 Å². The molecule has 2 rings (SSSR count). The summed E-state index contributed by atoms with van der Waals surface area (Å²) >= 11 is 0. The predicted molar refractivity (Wildman–Crippen MR) is 94.1 cm³/mol. The molecule has 2 aromatic rings. The van der Waals surface area contributed by atoms with Gasteiger partial charge in [0.25, 0.3) is 0 Å². The van der Waals surface area contributed by atoms with Gasteiger partial charge in [-0.2, -0.15) is 0 Å². The van der Waals surface area contributed by atoms with E-state index in [4.69, 9.17) is 5.73 Å². The summed E-state index contributed by atoms with van der Waals surface area (Å²) in [5.41, 5.74) is 9.08. The standard InChI is InChI=1S/C19H25N.ClH/c1-3-4-15-18(20)19(2,16-11-7-5-8-12-16)17-13-9-6-10-14-17;/h5-14,18H,3-4,15,20H2,1-2H3;1H. The maximum absolute atomic E-state index is 6.60. The molecule has 1 atom stereocenters. The molecule has 0 aliphatic carbocycles. The van der Waals surface area contributed by atoms with E-state index in [0.29, 0.717) is 0 Å². The summed E-state index contributed by atoms with van der Waals surface area (Å²) in [4.78, 5) is 0. The topological polar surface area (TPSA) is 26.0 Å². The van der Waals surface area contributed by atoms with Crippen LogP contribution in [0.5, 0.6) is 0 Å². The van der Waals surface area contributed by atoms with Crippen molar-refractivity contribution < 1.29 is 0 Å². The molecule has 0 heterocycles. The monoisotopic (exact) mass is 303 g/mol. The Hall–Kier alpha value is -1.31. The maximum Gasteiger partial charge on any atom is 0.0325 e. The van der Waals surface area contributed by atoms with Crippen LogP contribution in [-0.4, -0.2) is 6.04 Å². The minimum atomic E-state index is -0.127. The number of nitrogens with two attached hydrogens (primary N) is 1. The normalized spacial score (nSPS) is 12.5. The molecule has 2 heteroatoms. The summed E-state index contributed by atoms with van der Waals surface area (Å²) in [5, 5.41) is 0. The molecule has 0 fully saturated rings. The lowest BCUT2D eigenvalue weighted by molar-refractivity contribution is 0.408. The lowest BCUT2D eigenvalue weighted by Crippen LogP contribution is -2.44. The fourth-order valence-electron chi connectivity index (χ4n) is 2.88. The molecule has 1 unspecified atom stereocenters. The van der Waals surface area contributed by atoms with E-state index in [0.717, 1.165) is 6.42 Å². The molecule has 0 spiro atoms. The summed E-state index contributed by atoms with van der Waals surface area (Å²) in [6.07, 6.45) is 3.42. The van der Waals surface area contributed by atoms with Gasteiger partial charge in [0.05, 0.1) is 0 Å². The molecule has 21 heavy (non-hydrogen) atoms. The second kappa shape index (κ2) is 8.21. The molecule has 0 saturated heterocycles. The molecule has 2 aromatic carbocycles. The highest BCUT2D eigenvalue weighted by Gasteiger charge is 2.34. The van der Waals surface area contributed by atoms with E-state index in [1.165, 1.54) is 24.0 Å². The van der Waals surface area contributed by atoms with Gasteiger partial charge in [-0.05, 0) is 24.5 Å². The number of hydrogen-bond donors (Lipinski definition) is 1. The highest BCUT2D eigenvalue weighted by molar-refractivity contribution is 5.85. The number of benzene rings is 2. The van der Waals surface area contributed by atoms with E-state index in [1.807, 2.05) is 0 Å². The maximum atomic E-state index is 6.60. The number of halogens is 1. The average molecular weight is 304 g/mol. The molecule has 0 saturated carbocycles. The molecule has 0 bridgehead atoms. The van der Waals surface area contributed by atoms with Crippen LogP contribution in [0.4, 0.5) is 0 Å². The van der Waals surface area contributed by atoms with Crippen LogP contribution in [0.2, 0.25) is 0 Å². The number of rotatable bonds is 6. The largest absolute Gasteiger partial charge is 0.327 e. The van der Waals surface area contributed by atoms with Gasteiger partial charge < -0.3 is 5.73 Å². The lowest BCUT2D eigenvalue weighted by Gasteiger charge is -2.37. The quantitative estimate of drug-likeness (QED) is 0.804. The fourth-order valence-corrected chi connectivity index (χ4v) is 2.88. The first-order chi connectivity index (χ1) is 9.69. The number of hydrogen-bond acceptors (Lipinski definition) is 1. The highest BCUT2D eigenvalue weighted by Crippen LogP contribution is 2.36. The van der Waals surface area contributed by atoms with Crippen LogP contribution in [-0.2, 0) is 5.41 Å². The van der Waals surface area contributed by atoms with Gasteiger partial charge in [-0.3, -0.25) is 0 Å². The minimum absolute atomic E-state index is 0. The highest BCUT2D eigenvalue weighted by atomic mass is 35.5. The van der Waals surface area contributed by atoms with Crippen molar-refractivity contribution in [2.45, 2.75) is 44.6 Å². The molecule has 0 amide bonds. The SMILES string of the molecule is CCCCC(N)C(C)(c1ccccc1)c1ccccc1.Cl. The fraction of sp³-hybridized carbons (Fsp3) is 0.368. The molecule has 2 N–H and O–H groups in total. The Morgan fingerprint density at radius 1 is 0.905 bits per heavy atom. The zero-order chi connectivity index (χ0) is 14.4. The molecule has 1 nitrogen and oxygen atoms in total. The van der Waals surface area contributed by atoms with Crippen molar-refractivity contribution >= 4 is 12.4 Å². The first kappa shape index (κ1) is 17.7. The van der Waals surface area contributed by atoms with Crippen LogP contribution >= 0.6 is 12.4 Å². The zero-order valence-electron chi connectivity index (χ0n) is 13.0. The predicted octanol–water partition coefficient (Wildman–Crippen LogP) is 4.93. The van der Waals surface area contributed by atoms with Crippen LogP contribution < -0.4 is 5.73 Å². The molecular weight excluding hydrogens is 278 g/mol. The van der Waals surface area contributed by atoms with Crippen molar-refractivity contribution in [2.75, 3.05) is 0 Å². The first-order valence-corrected chi connectivity index (χ1v) is 7.56. The molecule has 0 radical (unpaired) electrons. The van der Waals surface area contributed by atoms with Crippen LogP contribution in [0.1, 0.15) is 44.2 Å². The summed E-state index contributed by atoms with van der Waals surface area (Å²) in [5.74, 6) is 0. The van der Waals surface area contributed by atoms with Crippen molar-refractivity contribution in [3.05, 3.63) is 71.8 Å². The van der Waals surface area contributed by atoms with Gasteiger partial charge in [0.15, 0.2) is 0 Å². The van der Waals surface area contributed by atoms with E-state index < -0.39 is 0 Å². The summed E-state index contributed by atoms with van der Waals surface area (Å²) in [7, 11) is 0. The Balaban J connectivity index is 0.00000220. The molecule has 0 aliphatic heterocycles. The van der Waals surface area contributed by atoms with Gasteiger partial charge in [0.1, 0.15) is 0 Å². The molecular formula is C19H26ClN. The van der Waals surface area contributed by atoms with Crippen molar-refractivity contribution in [3.63, 3.8) is 0 Å². The Morgan fingerprint density at radius 2 is 1.33 bits per heavy atom. The second-order valence-electron chi connectivity index (χ2n) is 5.68. The van der Waals surface area contributed by atoms with Crippen LogP contribution in [0.3, 0.4) is 0 Å². The summed E-state index contributed by atoms with van der Waals surface area (Å²) in [6.45, 7) is 4.49. The number of unbranched alkanes of at least 4 members (excludes halogenated alkanes) is 1. The van der Waals surface area contributed by atoms with Crippen LogP contribution in [0, 0.1) is 0 Å². The Kier molecular flexibility index (Phi) is 6.94. The third kappa shape index (κ3) is 3.87. The van der Waals surface area contributed by atoms with E-state index in [1.54, 1.807) is 0 Å². The third-order valence-electron chi connectivity index (χ3n) is 4.36. The first-order valence-electron chi connectivity index (χ1n) is 7.56. The Labute approximate surface area is 135 Å². The van der Waals surface area contributed by atoms with Crippen molar-refractivity contribution in [2.24, 2.45) is 5.73 Å². The van der Waals surface area contributed by atoms with Crippen LogP contribution in [0.25, 0.3) is 0 Å². The summed E-state index contributed by atoms with van der Waals surface area (Å²) in [6, 6.07) is 21.4. The van der Waals surface area contributed by atoms with Crippen molar-refractivity contribution in [1.29, 1.82) is 0 Å². The molecule has 114 valence electrons. The van der Waals surface area contributed by atoms with Gasteiger partial charge in [0.2, 0.25) is 0 Å².